The molecule has 0 bridgehead atoms. The van der Waals surface area contributed by atoms with Crippen molar-refractivity contribution < 1.29 is 27.4 Å². The molecule has 1 aromatic rings. The number of halogens is 4. The molecule has 1 aromatic carbocycles. The topological polar surface area (TPSA) is 55.3 Å². The van der Waals surface area contributed by atoms with E-state index in [9.17, 15) is 13.2 Å². The van der Waals surface area contributed by atoms with Gasteiger partial charge in [-0.25, -0.2) is 4.99 Å². The largest absolute Gasteiger partial charge is 0.497 e. The van der Waals surface area contributed by atoms with Gasteiger partial charge in [0.25, 0.3) is 0 Å². The third-order valence-corrected chi connectivity index (χ3v) is 4.73. The van der Waals surface area contributed by atoms with Gasteiger partial charge in [0, 0.05) is 32.7 Å². The molecule has 0 aliphatic carbocycles. The molecule has 30 heavy (non-hydrogen) atoms. The van der Waals surface area contributed by atoms with Gasteiger partial charge in [0.2, 0.25) is 0 Å². The average molecular weight is 545 g/mol. The van der Waals surface area contributed by atoms with Gasteiger partial charge in [-0.1, -0.05) is 6.07 Å². The molecule has 1 fully saturated rings. The number of aliphatic imine (C=N–C) groups is 1. The Kier molecular flexibility index (Phi) is 11.8. The van der Waals surface area contributed by atoms with Gasteiger partial charge in [-0.15, -0.1) is 24.0 Å². The number of nitrogens with one attached hydrogen (secondary N) is 1. The molecule has 0 amide bonds. The van der Waals surface area contributed by atoms with Crippen molar-refractivity contribution >= 4 is 29.9 Å². The highest BCUT2D eigenvalue weighted by Crippen LogP contribution is 2.34. The quantitative estimate of drug-likeness (QED) is 0.222. The average Bonchev–Trinajstić information content (AvgIpc) is 3.16. The summed E-state index contributed by atoms with van der Waals surface area (Å²) in [6, 6.07) is 3.96. The maximum atomic E-state index is 13.4. The normalized spacial score (nSPS) is 17.1. The smallest absolute Gasteiger partial charge is 0.416 e. The fourth-order valence-corrected chi connectivity index (χ4v) is 3.22. The molecule has 0 spiro atoms. The van der Waals surface area contributed by atoms with Crippen LogP contribution in [0.15, 0.2) is 23.2 Å². The number of nitrogens with zero attached hydrogens (tertiary/aromatic N) is 2. The van der Waals surface area contributed by atoms with Gasteiger partial charge in [0.05, 0.1) is 39.0 Å². The van der Waals surface area contributed by atoms with Crippen LogP contribution in [0.4, 0.5) is 13.2 Å². The summed E-state index contributed by atoms with van der Waals surface area (Å²) in [4.78, 5) is 6.54. The Bertz CT molecular complexity index is 674. The van der Waals surface area contributed by atoms with E-state index in [1.165, 1.54) is 19.2 Å². The number of guanidine groups is 1. The van der Waals surface area contributed by atoms with Crippen LogP contribution in [-0.4, -0.2) is 64.5 Å². The zero-order chi connectivity index (χ0) is 21.3. The summed E-state index contributed by atoms with van der Waals surface area (Å²) in [7, 11) is 2.98. The molecule has 1 unspecified atom stereocenters. The fourth-order valence-electron chi connectivity index (χ4n) is 3.22. The lowest BCUT2D eigenvalue weighted by Crippen LogP contribution is -2.40. The minimum absolute atomic E-state index is 0. The summed E-state index contributed by atoms with van der Waals surface area (Å²) in [6.07, 6.45) is -3.51. The van der Waals surface area contributed by atoms with Crippen LogP contribution in [0.5, 0.6) is 5.75 Å². The van der Waals surface area contributed by atoms with Gasteiger partial charge in [-0.2, -0.15) is 13.2 Å². The van der Waals surface area contributed by atoms with Crippen LogP contribution < -0.4 is 10.1 Å². The van der Waals surface area contributed by atoms with Crippen LogP contribution in [0.1, 0.15) is 24.5 Å². The molecule has 172 valence electrons. The first-order valence-corrected chi connectivity index (χ1v) is 9.73. The maximum absolute atomic E-state index is 13.4. The Balaban J connectivity index is 0.00000450. The Hall–Kier alpha value is -1.27. The van der Waals surface area contributed by atoms with Gasteiger partial charge >= 0.3 is 6.18 Å². The molecule has 2 rings (SSSR count). The van der Waals surface area contributed by atoms with Crippen LogP contribution in [-0.2, 0) is 22.2 Å². The molecule has 1 N–H and O–H groups in total. The van der Waals surface area contributed by atoms with Crippen LogP contribution >= 0.6 is 24.0 Å². The summed E-state index contributed by atoms with van der Waals surface area (Å²) < 4.78 is 55.7. The lowest BCUT2D eigenvalue weighted by atomic mass is 10.1. The molecular weight excluding hydrogens is 514 g/mol. The fraction of sp³-hybridized carbons (Fsp3) is 0.650. The Morgan fingerprint density at radius 2 is 2.03 bits per heavy atom. The van der Waals surface area contributed by atoms with Crippen molar-refractivity contribution in [3.63, 3.8) is 0 Å². The first-order valence-electron chi connectivity index (χ1n) is 9.73. The molecule has 1 aliphatic heterocycles. The summed E-state index contributed by atoms with van der Waals surface area (Å²) in [5, 5.41) is 3.18. The molecule has 0 saturated carbocycles. The van der Waals surface area contributed by atoms with E-state index in [2.05, 4.69) is 15.2 Å². The number of rotatable bonds is 9. The second-order valence-electron chi connectivity index (χ2n) is 6.86. The second kappa shape index (κ2) is 13.2. The van der Waals surface area contributed by atoms with Crippen LogP contribution in [0.25, 0.3) is 0 Å². The van der Waals surface area contributed by atoms with Crippen molar-refractivity contribution in [2.24, 2.45) is 10.9 Å². The van der Waals surface area contributed by atoms with Gasteiger partial charge in [0.1, 0.15) is 5.75 Å². The van der Waals surface area contributed by atoms with Crippen molar-refractivity contribution in [3.8, 4) is 5.75 Å². The van der Waals surface area contributed by atoms with Crippen LogP contribution in [0.3, 0.4) is 0 Å². The van der Waals surface area contributed by atoms with Crippen LogP contribution in [0, 0.1) is 5.92 Å². The molecule has 10 heteroatoms. The Morgan fingerprint density at radius 3 is 2.67 bits per heavy atom. The third-order valence-electron chi connectivity index (χ3n) is 4.73. The van der Waals surface area contributed by atoms with Crippen molar-refractivity contribution in [1.82, 2.24) is 10.2 Å². The molecule has 0 aromatic heterocycles. The maximum Gasteiger partial charge on any atom is 0.416 e. The molecule has 1 heterocycles. The SMILES string of the molecule is CCNC(=NCc1ccc(OC)cc1C(F)(F)F)N1CCC(COCCOC)C1.I. The highest BCUT2D eigenvalue weighted by Gasteiger charge is 2.34. The van der Waals surface area contributed by atoms with E-state index in [1.54, 1.807) is 7.11 Å². The standard InChI is InChI=1S/C20H30F3N3O3.HI/c1-4-24-19(26-8-7-15(13-26)14-29-10-9-27-2)25-12-16-5-6-17(28-3)11-18(16)20(21,22)23;/h5-6,11,15H,4,7-10,12-14H2,1-3H3,(H,24,25);1H. The zero-order valence-electron chi connectivity index (χ0n) is 17.6. The summed E-state index contributed by atoms with van der Waals surface area (Å²) in [6.45, 7) is 5.81. The lowest BCUT2D eigenvalue weighted by Gasteiger charge is -2.22. The Morgan fingerprint density at radius 1 is 1.27 bits per heavy atom. The number of alkyl halides is 3. The predicted molar refractivity (Wildman–Crippen MR) is 121 cm³/mol. The number of ether oxygens (including phenoxy) is 3. The molecule has 1 atom stereocenters. The Labute approximate surface area is 193 Å². The lowest BCUT2D eigenvalue weighted by molar-refractivity contribution is -0.138. The van der Waals surface area contributed by atoms with E-state index in [1.807, 2.05) is 6.92 Å². The van der Waals surface area contributed by atoms with E-state index in [0.29, 0.717) is 38.2 Å². The first kappa shape index (κ1) is 26.8. The van der Waals surface area contributed by atoms with E-state index >= 15 is 0 Å². The minimum Gasteiger partial charge on any atom is -0.497 e. The summed E-state index contributed by atoms with van der Waals surface area (Å²) in [5.74, 6) is 1.16. The van der Waals surface area contributed by atoms with Gasteiger partial charge in [-0.05, 0) is 31.0 Å². The van der Waals surface area contributed by atoms with Gasteiger partial charge in [-0.3, -0.25) is 0 Å². The van der Waals surface area contributed by atoms with E-state index in [0.717, 1.165) is 25.6 Å². The van der Waals surface area contributed by atoms with Gasteiger partial charge in [0.15, 0.2) is 5.96 Å². The molecule has 1 aliphatic rings. The zero-order valence-corrected chi connectivity index (χ0v) is 20.0. The van der Waals surface area contributed by atoms with Crippen molar-refractivity contribution in [3.05, 3.63) is 29.3 Å². The highest BCUT2D eigenvalue weighted by molar-refractivity contribution is 14.0. The second-order valence-corrected chi connectivity index (χ2v) is 6.86. The molecule has 1 saturated heterocycles. The summed E-state index contributed by atoms with van der Waals surface area (Å²) in [5.41, 5.74) is -0.602. The molecular formula is C20H31F3IN3O3. The molecule has 6 nitrogen and oxygen atoms in total. The van der Waals surface area contributed by atoms with Crippen molar-refractivity contribution in [2.75, 3.05) is 53.7 Å². The number of hydrogen-bond donors (Lipinski definition) is 1. The number of likely N-dealkylation sites (tertiary alicyclic amines) is 1. The number of benzene rings is 1. The summed E-state index contributed by atoms with van der Waals surface area (Å²) >= 11 is 0. The molecule has 0 radical (unpaired) electrons. The first-order chi connectivity index (χ1) is 13.9. The number of methoxy groups -OCH3 is 2. The third kappa shape index (κ3) is 8.10. The minimum atomic E-state index is -4.46. The van der Waals surface area contributed by atoms with Gasteiger partial charge < -0.3 is 24.4 Å². The predicted octanol–water partition coefficient (Wildman–Crippen LogP) is 3.78. The van der Waals surface area contributed by atoms with Crippen LogP contribution in [0.2, 0.25) is 0 Å². The van der Waals surface area contributed by atoms with E-state index < -0.39 is 11.7 Å². The van der Waals surface area contributed by atoms with Crippen molar-refractivity contribution in [2.45, 2.75) is 26.1 Å². The monoisotopic (exact) mass is 545 g/mol. The number of hydrogen-bond acceptors (Lipinski definition) is 4. The van der Waals surface area contributed by atoms with E-state index in [-0.39, 0.29) is 41.8 Å². The highest BCUT2D eigenvalue weighted by atomic mass is 127. The van der Waals surface area contributed by atoms with Crippen molar-refractivity contribution in [1.29, 1.82) is 0 Å². The van der Waals surface area contributed by atoms with E-state index in [4.69, 9.17) is 14.2 Å².